The van der Waals surface area contributed by atoms with E-state index in [1.54, 1.807) is 11.3 Å². The highest BCUT2D eigenvalue weighted by atomic mass is 32.1. The summed E-state index contributed by atoms with van der Waals surface area (Å²) in [6.07, 6.45) is 2.08. The van der Waals surface area contributed by atoms with Crippen LogP contribution in [-0.4, -0.2) is 42.5 Å². The molecule has 1 fully saturated rings. The lowest BCUT2D eigenvalue weighted by atomic mass is 9.83. The first-order valence-electron chi connectivity index (χ1n) is 6.77. The molecular formula is C14H23N3OS. The molecule has 2 unspecified atom stereocenters. The van der Waals surface area contributed by atoms with E-state index in [1.165, 1.54) is 4.88 Å². The molecule has 1 aliphatic rings. The van der Waals surface area contributed by atoms with E-state index in [1.807, 2.05) is 11.8 Å². The van der Waals surface area contributed by atoms with Gasteiger partial charge in [-0.1, -0.05) is 13.0 Å². The van der Waals surface area contributed by atoms with Crippen molar-refractivity contribution in [1.82, 2.24) is 9.80 Å². The Kier molecular flexibility index (Phi) is 4.28. The van der Waals surface area contributed by atoms with Gasteiger partial charge in [-0.25, -0.2) is 0 Å². The van der Waals surface area contributed by atoms with E-state index >= 15 is 0 Å². The highest BCUT2D eigenvalue weighted by molar-refractivity contribution is 7.10. The van der Waals surface area contributed by atoms with Crippen LogP contribution in [0.2, 0.25) is 0 Å². The lowest BCUT2D eigenvalue weighted by Gasteiger charge is -2.48. The van der Waals surface area contributed by atoms with Gasteiger partial charge < -0.3 is 10.6 Å². The number of rotatable bonds is 3. The predicted octanol–water partition coefficient (Wildman–Crippen LogP) is 1.82. The van der Waals surface area contributed by atoms with Gasteiger partial charge in [-0.15, -0.1) is 11.3 Å². The van der Waals surface area contributed by atoms with Crippen molar-refractivity contribution < 1.29 is 4.79 Å². The first-order valence-corrected chi connectivity index (χ1v) is 7.65. The zero-order valence-corrected chi connectivity index (χ0v) is 12.7. The molecule has 0 saturated carbocycles. The van der Waals surface area contributed by atoms with Crippen molar-refractivity contribution in [3.05, 3.63) is 22.4 Å². The topological polar surface area (TPSA) is 49.6 Å². The third-order valence-electron chi connectivity index (χ3n) is 4.17. The first kappa shape index (κ1) is 14.5. The van der Waals surface area contributed by atoms with Crippen molar-refractivity contribution in [3.8, 4) is 0 Å². The van der Waals surface area contributed by atoms with Crippen LogP contribution in [0.5, 0.6) is 0 Å². The quantitative estimate of drug-likeness (QED) is 0.919. The maximum atomic E-state index is 11.9. The average Bonchev–Trinajstić information content (AvgIpc) is 2.91. The molecule has 19 heavy (non-hydrogen) atoms. The van der Waals surface area contributed by atoms with Crippen molar-refractivity contribution in [2.24, 2.45) is 5.73 Å². The minimum Gasteiger partial charge on any atom is -0.327 e. The van der Waals surface area contributed by atoms with Gasteiger partial charge in [-0.3, -0.25) is 9.69 Å². The fourth-order valence-corrected chi connectivity index (χ4v) is 3.98. The van der Waals surface area contributed by atoms with E-state index in [-0.39, 0.29) is 17.6 Å². The minimum absolute atomic E-state index is 0.0297. The van der Waals surface area contributed by atoms with Crippen molar-refractivity contribution in [3.63, 3.8) is 0 Å². The summed E-state index contributed by atoms with van der Waals surface area (Å²) >= 11 is 1.77. The first-order chi connectivity index (χ1) is 9.01. The zero-order chi connectivity index (χ0) is 14.0. The van der Waals surface area contributed by atoms with Crippen LogP contribution >= 0.6 is 11.3 Å². The van der Waals surface area contributed by atoms with E-state index in [2.05, 4.69) is 36.5 Å². The van der Waals surface area contributed by atoms with E-state index in [0.717, 1.165) is 19.4 Å². The van der Waals surface area contributed by atoms with E-state index < -0.39 is 0 Å². The molecule has 1 aliphatic heterocycles. The molecule has 2 rings (SSSR count). The number of carbonyl (C=O) groups excluding carboxylic acids is 1. The molecule has 0 radical (unpaired) electrons. The smallest absolute Gasteiger partial charge is 0.223 e. The molecule has 2 heterocycles. The second-order valence-corrected chi connectivity index (χ2v) is 6.31. The van der Waals surface area contributed by atoms with Gasteiger partial charge in [0.25, 0.3) is 0 Å². The molecule has 2 N–H and O–H groups in total. The molecular weight excluding hydrogens is 258 g/mol. The standard InChI is InChI=1S/C14H23N3OS/c1-4-13(18)17-8-7-14(16(2)3,10-12(17)15)11-6-5-9-19-11/h5-6,9,12H,4,7-8,10,15H2,1-3H3. The monoisotopic (exact) mass is 281 g/mol. The number of hydrogen-bond donors (Lipinski definition) is 1. The van der Waals surface area contributed by atoms with Crippen LogP contribution in [0.3, 0.4) is 0 Å². The molecule has 1 amide bonds. The lowest BCUT2D eigenvalue weighted by molar-refractivity contribution is -0.137. The van der Waals surface area contributed by atoms with E-state index in [4.69, 9.17) is 5.73 Å². The summed E-state index contributed by atoms with van der Waals surface area (Å²) in [7, 11) is 4.20. The van der Waals surface area contributed by atoms with E-state index in [9.17, 15) is 4.79 Å². The average molecular weight is 281 g/mol. The lowest BCUT2D eigenvalue weighted by Crippen LogP contribution is -2.58. The number of carbonyl (C=O) groups is 1. The Hall–Kier alpha value is -0.910. The second-order valence-electron chi connectivity index (χ2n) is 5.37. The Balaban J connectivity index is 2.24. The number of likely N-dealkylation sites (tertiary alicyclic amines) is 1. The van der Waals surface area contributed by atoms with Crippen molar-refractivity contribution in [1.29, 1.82) is 0 Å². The van der Waals surface area contributed by atoms with Gasteiger partial charge >= 0.3 is 0 Å². The maximum absolute atomic E-state index is 11.9. The number of hydrogen-bond acceptors (Lipinski definition) is 4. The molecule has 1 saturated heterocycles. The molecule has 0 bridgehead atoms. The summed E-state index contributed by atoms with van der Waals surface area (Å²) in [5, 5.41) is 2.11. The van der Waals surface area contributed by atoms with Gasteiger partial charge in [0.2, 0.25) is 5.91 Å². The molecule has 0 aromatic carbocycles. The Morgan fingerprint density at radius 3 is 2.84 bits per heavy atom. The van der Waals surface area contributed by atoms with Crippen molar-refractivity contribution in [2.45, 2.75) is 37.9 Å². The third-order valence-corrected chi connectivity index (χ3v) is 5.24. The summed E-state index contributed by atoms with van der Waals surface area (Å²) in [5.74, 6) is 0.158. The number of amides is 1. The highest BCUT2D eigenvalue weighted by Crippen LogP contribution is 2.41. The predicted molar refractivity (Wildman–Crippen MR) is 78.9 cm³/mol. The molecule has 5 heteroatoms. The van der Waals surface area contributed by atoms with Gasteiger partial charge in [0, 0.05) is 24.3 Å². The van der Waals surface area contributed by atoms with Crippen LogP contribution in [-0.2, 0) is 10.3 Å². The summed E-state index contributed by atoms with van der Waals surface area (Å²) in [6.45, 7) is 2.63. The molecule has 1 aromatic heterocycles. The van der Waals surface area contributed by atoms with Crippen LogP contribution in [0, 0.1) is 0 Å². The van der Waals surface area contributed by atoms with Crippen LogP contribution in [0.1, 0.15) is 31.1 Å². The Morgan fingerprint density at radius 1 is 1.63 bits per heavy atom. The highest BCUT2D eigenvalue weighted by Gasteiger charge is 2.43. The summed E-state index contributed by atoms with van der Waals surface area (Å²) in [4.78, 5) is 17.3. The Labute approximate surface area is 119 Å². The van der Waals surface area contributed by atoms with E-state index in [0.29, 0.717) is 6.42 Å². The molecule has 2 atom stereocenters. The Morgan fingerprint density at radius 2 is 2.37 bits per heavy atom. The number of thiophene rings is 1. The van der Waals surface area contributed by atoms with Crippen molar-refractivity contribution >= 4 is 17.2 Å². The van der Waals surface area contributed by atoms with Crippen LogP contribution in [0.15, 0.2) is 17.5 Å². The van der Waals surface area contributed by atoms with Gasteiger partial charge in [0.15, 0.2) is 0 Å². The number of nitrogens with zero attached hydrogens (tertiary/aromatic N) is 2. The van der Waals surface area contributed by atoms with Gasteiger partial charge in [0.05, 0.1) is 11.7 Å². The maximum Gasteiger partial charge on any atom is 0.223 e. The summed E-state index contributed by atoms with van der Waals surface area (Å²) in [5.41, 5.74) is 6.23. The summed E-state index contributed by atoms with van der Waals surface area (Å²) < 4.78 is 0. The van der Waals surface area contributed by atoms with Crippen LogP contribution in [0.4, 0.5) is 0 Å². The Bertz CT molecular complexity index is 432. The fraction of sp³-hybridized carbons (Fsp3) is 0.643. The molecule has 0 aliphatic carbocycles. The second kappa shape index (κ2) is 5.61. The summed E-state index contributed by atoms with van der Waals surface area (Å²) in [6, 6.07) is 4.26. The largest absolute Gasteiger partial charge is 0.327 e. The molecule has 106 valence electrons. The normalized spacial score (nSPS) is 27.8. The SMILES string of the molecule is CCC(=O)N1CCC(c2cccs2)(N(C)C)CC1N. The van der Waals surface area contributed by atoms with Gasteiger partial charge in [0.1, 0.15) is 0 Å². The number of nitrogens with two attached hydrogens (primary N) is 1. The van der Waals surface area contributed by atoms with Gasteiger partial charge in [-0.05, 0) is 32.0 Å². The molecule has 1 aromatic rings. The molecule has 4 nitrogen and oxygen atoms in total. The fourth-order valence-electron chi connectivity index (χ4n) is 2.94. The third kappa shape index (κ3) is 2.55. The number of piperidine rings is 1. The zero-order valence-electron chi connectivity index (χ0n) is 11.9. The van der Waals surface area contributed by atoms with Crippen molar-refractivity contribution in [2.75, 3.05) is 20.6 Å². The molecule has 0 spiro atoms. The van der Waals surface area contributed by atoms with Crippen LogP contribution in [0.25, 0.3) is 0 Å². The van der Waals surface area contributed by atoms with Gasteiger partial charge in [-0.2, -0.15) is 0 Å². The minimum atomic E-state index is -0.189. The van der Waals surface area contributed by atoms with Crippen LogP contribution < -0.4 is 5.73 Å².